The number of nitrogens with zero attached hydrogens (tertiary/aromatic N) is 3. The summed E-state index contributed by atoms with van der Waals surface area (Å²) in [4.78, 5) is 34.8. The molecule has 43 heavy (non-hydrogen) atoms. The van der Waals surface area contributed by atoms with Gasteiger partial charge in [0.25, 0.3) is 5.91 Å². The lowest BCUT2D eigenvalue weighted by molar-refractivity contribution is -0.300. The Balaban J connectivity index is 1.58. The molecule has 232 valence electrons. The Kier molecular flexibility index (Phi) is 10.7. The second kappa shape index (κ2) is 14.2. The molecule has 9 nitrogen and oxygen atoms in total. The number of hydrogen-bond donors (Lipinski definition) is 1. The molecule has 3 heterocycles. The van der Waals surface area contributed by atoms with Crippen LogP contribution in [0.5, 0.6) is 0 Å². The molecule has 1 aliphatic heterocycles. The molecule has 0 radical (unpaired) electrons. The number of aromatic nitrogens is 3. The number of halogens is 1. The topological polar surface area (TPSA) is 105 Å². The first-order valence-corrected chi connectivity index (χ1v) is 15.0. The van der Waals surface area contributed by atoms with Gasteiger partial charge in [-0.25, -0.2) is 9.37 Å². The Bertz CT molecular complexity index is 1370. The van der Waals surface area contributed by atoms with E-state index in [1.54, 1.807) is 24.5 Å². The molecule has 0 bridgehead atoms. The molecule has 2 aromatic heterocycles. The first-order valence-electron chi connectivity index (χ1n) is 15.0. The highest BCUT2D eigenvalue weighted by molar-refractivity contribution is 5.94. The largest absolute Gasteiger partial charge is 0.465 e. The van der Waals surface area contributed by atoms with E-state index in [0.29, 0.717) is 49.6 Å². The van der Waals surface area contributed by atoms with Gasteiger partial charge in [0.05, 0.1) is 30.9 Å². The van der Waals surface area contributed by atoms with Crippen molar-refractivity contribution in [1.82, 2.24) is 19.9 Å². The molecule has 3 aromatic rings. The summed E-state index contributed by atoms with van der Waals surface area (Å²) in [5.74, 6) is -1.00. The molecule has 0 unspecified atom stereocenters. The van der Waals surface area contributed by atoms with Crippen LogP contribution in [0, 0.1) is 11.7 Å². The van der Waals surface area contributed by atoms with Gasteiger partial charge in [0.15, 0.2) is 5.79 Å². The minimum absolute atomic E-state index is 0.0311. The molecule has 1 N–H and O–H groups in total. The van der Waals surface area contributed by atoms with E-state index in [1.807, 2.05) is 58.2 Å². The molecule has 0 saturated carbocycles. The Morgan fingerprint density at radius 2 is 1.84 bits per heavy atom. The average Bonchev–Trinajstić information content (AvgIpc) is 3.34. The summed E-state index contributed by atoms with van der Waals surface area (Å²) < 4.78 is 33.6. The van der Waals surface area contributed by atoms with Crippen LogP contribution in [0.4, 0.5) is 4.39 Å². The van der Waals surface area contributed by atoms with Gasteiger partial charge in [0.1, 0.15) is 17.3 Å². The van der Waals surface area contributed by atoms with Gasteiger partial charge in [-0.05, 0) is 68.0 Å². The molecule has 4 rings (SSSR count). The number of hydrogen-bond acceptors (Lipinski definition) is 7. The lowest BCUT2D eigenvalue weighted by Gasteiger charge is -2.40. The van der Waals surface area contributed by atoms with Gasteiger partial charge in [-0.2, -0.15) is 0 Å². The Morgan fingerprint density at radius 1 is 1.12 bits per heavy atom. The lowest BCUT2D eigenvalue weighted by atomic mass is 10.0. The predicted octanol–water partition coefficient (Wildman–Crippen LogP) is 6.03. The zero-order chi connectivity index (χ0) is 31.1. The molecular formula is C33H43FN4O5. The van der Waals surface area contributed by atoms with Crippen LogP contribution in [0.15, 0.2) is 48.8 Å². The van der Waals surface area contributed by atoms with E-state index in [0.717, 1.165) is 11.3 Å². The molecule has 1 aromatic carbocycles. The number of esters is 1. The van der Waals surface area contributed by atoms with Crippen molar-refractivity contribution >= 4 is 11.9 Å². The second-order valence-corrected chi connectivity index (χ2v) is 12.2. The van der Waals surface area contributed by atoms with E-state index in [-0.39, 0.29) is 48.2 Å². The fourth-order valence-electron chi connectivity index (χ4n) is 5.33. The summed E-state index contributed by atoms with van der Waals surface area (Å²) in [6.45, 7) is 12.9. The van der Waals surface area contributed by atoms with Crippen molar-refractivity contribution in [1.29, 1.82) is 0 Å². The number of pyridine rings is 1. The average molecular weight is 595 g/mol. The zero-order valence-electron chi connectivity index (χ0n) is 25.9. The standard InChI is InChI=1S/C33H43FN4O5/c1-21(2)20-41-28(39)17-27-16-26(42-33(5,6)43-27)13-15-38-30(22(3)4)29(32(40)36-19-23-8-7-14-35-18-23)37-31(38)24-9-11-25(34)12-10-24/h7-12,14,18,21-22,26-27H,13,15-17,19-20H2,1-6H3,(H,36,40)/t26-,27-/m1/s1. The first kappa shape index (κ1) is 32.3. The van der Waals surface area contributed by atoms with Crippen molar-refractivity contribution in [2.75, 3.05) is 6.61 Å². The highest BCUT2D eigenvalue weighted by Gasteiger charge is 2.37. The number of rotatable bonds is 12. The van der Waals surface area contributed by atoms with Crippen molar-refractivity contribution in [2.24, 2.45) is 5.92 Å². The Hall–Kier alpha value is -3.63. The van der Waals surface area contributed by atoms with Crippen molar-refractivity contribution in [3.05, 3.63) is 71.6 Å². The van der Waals surface area contributed by atoms with Gasteiger partial charge in [0.2, 0.25) is 0 Å². The number of amides is 1. The fourth-order valence-corrected chi connectivity index (χ4v) is 5.33. The van der Waals surface area contributed by atoms with Gasteiger partial charge in [0, 0.05) is 37.5 Å². The van der Waals surface area contributed by atoms with Crippen molar-refractivity contribution in [3.63, 3.8) is 0 Å². The van der Waals surface area contributed by atoms with E-state index < -0.39 is 5.79 Å². The maximum atomic E-state index is 13.8. The van der Waals surface area contributed by atoms with Crippen LogP contribution in [-0.2, 0) is 32.1 Å². The van der Waals surface area contributed by atoms with E-state index in [4.69, 9.17) is 19.2 Å². The summed E-state index contributed by atoms with van der Waals surface area (Å²) in [5, 5.41) is 2.97. The summed E-state index contributed by atoms with van der Waals surface area (Å²) in [6, 6.07) is 9.83. The van der Waals surface area contributed by atoms with Crippen LogP contribution in [0.25, 0.3) is 11.4 Å². The summed E-state index contributed by atoms with van der Waals surface area (Å²) in [7, 11) is 0. The van der Waals surface area contributed by atoms with Crippen LogP contribution < -0.4 is 5.32 Å². The molecule has 1 amide bonds. The zero-order valence-corrected chi connectivity index (χ0v) is 25.9. The predicted molar refractivity (Wildman–Crippen MR) is 161 cm³/mol. The third-order valence-electron chi connectivity index (χ3n) is 7.12. The van der Waals surface area contributed by atoms with E-state index in [2.05, 4.69) is 10.3 Å². The van der Waals surface area contributed by atoms with Crippen LogP contribution in [0.3, 0.4) is 0 Å². The van der Waals surface area contributed by atoms with Crippen molar-refractivity contribution in [3.8, 4) is 11.4 Å². The smallest absolute Gasteiger partial charge is 0.308 e. The van der Waals surface area contributed by atoms with Gasteiger partial charge in [-0.1, -0.05) is 33.8 Å². The summed E-state index contributed by atoms with van der Waals surface area (Å²) >= 11 is 0. The third kappa shape index (κ3) is 8.93. The maximum absolute atomic E-state index is 13.8. The van der Waals surface area contributed by atoms with Gasteiger partial charge in [-0.15, -0.1) is 0 Å². The number of ether oxygens (including phenoxy) is 3. The van der Waals surface area contributed by atoms with Gasteiger partial charge < -0.3 is 24.1 Å². The number of nitrogens with one attached hydrogen (secondary N) is 1. The monoisotopic (exact) mass is 594 g/mol. The quantitative estimate of drug-likeness (QED) is 0.256. The number of carbonyl (C=O) groups is 2. The number of benzene rings is 1. The fraction of sp³-hybridized carbons (Fsp3) is 0.515. The summed E-state index contributed by atoms with van der Waals surface area (Å²) in [5.41, 5.74) is 2.69. The molecule has 2 atom stereocenters. The molecular weight excluding hydrogens is 551 g/mol. The minimum Gasteiger partial charge on any atom is -0.465 e. The van der Waals surface area contributed by atoms with Crippen LogP contribution in [0.1, 0.15) is 88.5 Å². The van der Waals surface area contributed by atoms with Crippen LogP contribution in [0.2, 0.25) is 0 Å². The summed E-state index contributed by atoms with van der Waals surface area (Å²) in [6.07, 6.45) is 4.10. The van der Waals surface area contributed by atoms with Gasteiger partial charge >= 0.3 is 5.97 Å². The van der Waals surface area contributed by atoms with Crippen molar-refractivity contribution in [2.45, 2.75) is 97.8 Å². The first-order chi connectivity index (χ1) is 20.4. The highest BCUT2D eigenvalue weighted by Crippen LogP contribution is 2.33. The number of carbonyl (C=O) groups excluding carboxylic acids is 2. The second-order valence-electron chi connectivity index (χ2n) is 12.2. The Morgan fingerprint density at radius 3 is 2.49 bits per heavy atom. The van der Waals surface area contributed by atoms with E-state index in [9.17, 15) is 14.0 Å². The lowest BCUT2D eigenvalue weighted by Crippen LogP contribution is -2.45. The van der Waals surface area contributed by atoms with Crippen LogP contribution in [-0.4, -0.2) is 51.0 Å². The van der Waals surface area contributed by atoms with E-state index in [1.165, 1.54) is 12.1 Å². The SMILES string of the molecule is CC(C)COC(=O)C[C@H]1C[C@@H](CCn2c(-c3ccc(F)cc3)nc(C(=O)NCc3cccnc3)c2C(C)C)OC(C)(C)O1. The van der Waals surface area contributed by atoms with E-state index >= 15 is 0 Å². The van der Waals surface area contributed by atoms with Crippen molar-refractivity contribution < 1.29 is 28.2 Å². The maximum Gasteiger partial charge on any atom is 0.308 e. The van der Waals surface area contributed by atoms with Gasteiger partial charge in [-0.3, -0.25) is 14.6 Å². The van der Waals surface area contributed by atoms with Crippen LogP contribution >= 0.6 is 0 Å². The molecule has 1 fully saturated rings. The molecule has 1 aliphatic rings. The molecule has 0 aliphatic carbocycles. The molecule has 1 saturated heterocycles. The highest BCUT2D eigenvalue weighted by atomic mass is 19.1. The minimum atomic E-state index is -0.876. The Labute approximate surface area is 253 Å². The number of imidazole rings is 1. The molecule has 10 heteroatoms. The third-order valence-corrected chi connectivity index (χ3v) is 7.12. The molecule has 0 spiro atoms. The normalized spacial score (nSPS) is 18.2.